The maximum atomic E-state index is 4.88. The molecule has 0 bridgehead atoms. The normalized spacial score (nSPS) is 18.3. The van der Waals surface area contributed by atoms with Crippen molar-refractivity contribution < 1.29 is 0 Å². The van der Waals surface area contributed by atoms with E-state index in [0.29, 0.717) is 5.95 Å². The fourth-order valence-electron chi connectivity index (χ4n) is 4.05. The van der Waals surface area contributed by atoms with Gasteiger partial charge in [-0.2, -0.15) is 20.1 Å². The summed E-state index contributed by atoms with van der Waals surface area (Å²) in [5, 5.41) is 4.39. The number of nitrogens with one attached hydrogen (secondary N) is 1. The molecule has 0 unspecified atom stereocenters. The summed E-state index contributed by atoms with van der Waals surface area (Å²) in [4.78, 5) is 18.9. The van der Waals surface area contributed by atoms with E-state index in [9.17, 15) is 0 Å². The lowest BCUT2D eigenvalue weighted by atomic mass is 10.2. The van der Waals surface area contributed by atoms with Crippen molar-refractivity contribution in [1.29, 1.82) is 0 Å². The summed E-state index contributed by atoms with van der Waals surface area (Å²) in [5.74, 6) is 2.07. The van der Waals surface area contributed by atoms with Crippen LogP contribution in [0.4, 0.5) is 17.8 Å². The van der Waals surface area contributed by atoms with Gasteiger partial charge in [-0.05, 0) is 38.2 Å². The quantitative estimate of drug-likeness (QED) is 0.586. The molecule has 0 radical (unpaired) electrons. The van der Waals surface area contributed by atoms with E-state index < -0.39 is 0 Å². The molecular weight excluding hydrogens is 374 g/mol. The van der Waals surface area contributed by atoms with Crippen LogP contribution >= 0.6 is 0 Å². The number of hydrogen-bond donors (Lipinski definition) is 1. The molecule has 0 atom stereocenters. The second kappa shape index (κ2) is 10.4. The van der Waals surface area contributed by atoms with E-state index in [0.717, 1.165) is 43.6 Å². The van der Waals surface area contributed by atoms with Crippen LogP contribution in [0.3, 0.4) is 0 Å². The summed E-state index contributed by atoms with van der Waals surface area (Å²) in [5.41, 5.74) is 5.33. The molecule has 7 nitrogen and oxygen atoms in total. The Morgan fingerprint density at radius 1 is 0.733 bits per heavy atom. The standard InChI is InChI=1S/C23H33N7/c1-19-10-12-20(13-11-19)18-24-28-21-25-22(29-14-6-2-3-7-15-29)27-23(26-21)30-16-8-4-5-9-17-30/h10-13,18H,2-9,14-17H2,1H3,(H,25,26,27,28)/b24-18-. The molecule has 0 amide bonds. The topological polar surface area (TPSA) is 69.5 Å². The monoisotopic (exact) mass is 407 g/mol. The molecule has 0 spiro atoms. The summed E-state index contributed by atoms with van der Waals surface area (Å²) in [7, 11) is 0. The van der Waals surface area contributed by atoms with Crippen molar-refractivity contribution in [2.45, 2.75) is 58.3 Å². The summed E-state index contributed by atoms with van der Waals surface area (Å²) < 4.78 is 0. The number of nitrogens with zero attached hydrogens (tertiary/aromatic N) is 6. The Hall–Kier alpha value is -2.70. The van der Waals surface area contributed by atoms with Gasteiger partial charge in [-0.25, -0.2) is 5.43 Å². The molecule has 2 aliphatic heterocycles. The van der Waals surface area contributed by atoms with Gasteiger partial charge in [0.1, 0.15) is 0 Å². The lowest BCUT2D eigenvalue weighted by Crippen LogP contribution is -2.30. The number of hydrazone groups is 1. The van der Waals surface area contributed by atoms with E-state index in [-0.39, 0.29) is 0 Å². The number of anilines is 3. The number of hydrogen-bond acceptors (Lipinski definition) is 7. The summed E-state index contributed by atoms with van der Waals surface area (Å²) in [6.07, 6.45) is 11.7. The highest BCUT2D eigenvalue weighted by Crippen LogP contribution is 2.22. The molecule has 160 valence electrons. The fourth-order valence-corrected chi connectivity index (χ4v) is 4.05. The van der Waals surface area contributed by atoms with Gasteiger partial charge in [-0.15, -0.1) is 0 Å². The highest BCUT2D eigenvalue weighted by Gasteiger charge is 2.19. The molecule has 4 rings (SSSR count). The van der Waals surface area contributed by atoms with Crippen molar-refractivity contribution in [3.8, 4) is 0 Å². The fraction of sp³-hybridized carbons (Fsp3) is 0.565. The Morgan fingerprint density at radius 3 is 1.73 bits per heavy atom. The van der Waals surface area contributed by atoms with Gasteiger partial charge in [0.15, 0.2) is 0 Å². The summed E-state index contributed by atoms with van der Waals surface area (Å²) in [6.45, 7) is 6.12. The average Bonchev–Trinajstić information content (AvgIpc) is 3.21. The van der Waals surface area contributed by atoms with Crippen LogP contribution in [0.25, 0.3) is 0 Å². The Labute approximate surface area is 179 Å². The molecule has 30 heavy (non-hydrogen) atoms. The van der Waals surface area contributed by atoms with Crippen molar-refractivity contribution in [2.24, 2.45) is 5.10 Å². The van der Waals surface area contributed by atoms with Crippen LogP contribution in [0.15, 0.2) is 29.4 Å². The van der Waals surface area contributed by atoms with Crippen LogP contribution in [-0.4, -0.2) is 47.3 Å². The maximum absolute atomic E-state index is 4.88. The minimum Gasteiger partial charge on any atom is -0.341 e. The number of rotatable bonds is 5. The molecular formula is C23H33N7. The predicted molar refractivity (Wildman–Crippen MR) is 124 cm³/mol. The first-order valence-electron chi connectivity index (χ1n) is 11.4. The SMILES string of the molecule is Cc1ccc(/C=N\Nc2nc(N3CCCCCC3)nc(N3CCCCCC3)n2)cc1. The highest BCUT2D eigenvalue weighted by atomic mass is 15.4. The highest BCUT2D eigenvalue weighted by molar-refractivity contribution is 5.80. The third-order valence-electron chi connectivity index (χ3n) is 5.85. The molecule has 3 heterocycles. The second-order valence-electron chi connectivity index (χ2n) is 8.34. The zero-order valence-corrected chi connectivity index (χ0v) is 18.1. The summed E-state index contributed by atoms with van der Waals surface area (Å²) >= 11 is 0. The first kappa shape index (κ1) is 20.6. The van der Waals surface area contributed by atoms with E-state index in [1.54, 1.807) is 6.21 Å². The van der Waals surface area contributed by atoms with Crippen LogP contribution in [-0.2, 0) is 0 Å². The zero-order chi connectivity index (χ0) is 20.6. The van der Waals surface area contributed by atoms with Crippen molar-refractivity contribution in [2.75, 3.05) is 41.4 Å². The Morgan fingerprint density at radius 2 is 1.23 bits per heavy atom. The Kier molecular flexibility index (Phi) is 7.11. The van der Waals surface area contributed by atoms with Crippen LogP contribution in [0.5, 0.6) is 0 Å². The molecule has 2 fully saturated rings. The molecule has 1 aromatic carbocycles. The van der Waals surface area contributed by atoms with Gasteiger partial charge in [0.2, 0.25) is 17.8 Å². The number of benzene rings is 1. The number of aromatic nitrogens is 3. The molecule has 1 N–H and O–H groups in total. The first-order chi connectivity index (χ1) is 14.8. The smallest absolute Gasteiger partial charge is 0.250 e. The molecule has 0 aliphatic carbocycles. The van der Waals surface area contributed by atoms with Crippen molar-refractivity contribution in [3.05, 3.63) is 35.4 Å². The minimum atomic E-state index is 0.520. The van der Waals surface area contributed by atoms with Crippen LogP contribution in [0.2, 0.25) is 0 Å². The lowest BCUT2D eigenvalue weighted by molar-refractivity contribution is 0.726. The van der Waals surface area contributed by atoms with Crippen molar-refractivity contribution in [1.82, 2.24) is 15.0 Å². The van der Waals surface area contributed by atoms with E-state index >= 15 is 0 Å². The van der Waals surface area contributed by atoms with Gasteiger partial charge >= 0.3 is 0 Å². The third kappa shape index (κ3) is 5.68. The molecule has 7 heteroatoms. The Balaban J connectivity index is 1.56. The van der Waals surface area contributed by atoms with Crippen LogP contribution in [0.1, 0.15) is 62.5 Å². The largest absolute Gasteiger partial charge is 0.341 e. The van der Waals surface area contributed by atoms with Gasteiger partial charge in [0.05, 0.1) is 6.21 Å². The van der Waals surface area contributed by atoms with E-state index in [2.05, 4.69) is 51.5 Å². The minimum absolute atomic E-state index is 0.520. The van der Waals surface area contributed by atoms with Gasteiger partial charge in [0, 0.05) is 26.2 Å². The maximum Gasteiger partial charge on any atom is 0.250 e. The Bertz CT molecular complexity index is 780. The van der Waals surface area contributed by atoms with E-state index in [1.807, 2.05) is 0 Å². The van der Waals surface area contributed by atoms with Gasteiger partial charge in [0.25, 0.3) is 0 Å². The van der Waals surface area contributed by atoms with Crippen LogP contribution < -0.4 is 15.2 Å². The van der Waals surface area contributed by atoms with Gasteiger partial charge in [-0.1, -0.05) is 55.5 Å². The van der Waals surface area contributed by atoms with E-state index in [4.69, 9.17) is 15.0 Å². The average molecular weight is 408 g/mol. The molecule has 1 aromatic heterocycles. The third-order valence-corrected chi connectivity index (χ3v) is 5.85. The number of aryl methyl sites for hydroxylation is 1. The van der Waals surface area contributed by atoms with Crippen molar-refractivity contribution >= 4 is 24.1 Å². The second-order valence-corrected chi connectivity index (χ2v) is 8.34. The molecule has 0 saturated carbocycles. The molecule has 2 aromatic rings. The molecule has 2 aliphatic rings. The predicted octanol–water partition coefficient (Wildman–Crippen LogP) is 4.39. The zero-order valence-electron chi connectivity index (χ0n) is 18.1. The summed E-state index contributed by atoms with van der Waals surface area (Å²) in [6, 6.07) is 8.27. The van der Waals surface area contributed by atoms with E-state index in [1.165, 1.54) is 56.9 Å². The molecule has 2 saturated heterocycles. The van der Waals surface area contributed by atoms with Crippen molar-refractivity contribution in [3.63, 3.8) is 0 Å². The first-order valence-corrected chi connectivity index (χ1v) is 11.4. The van der Waals surface area contributed by atoms with Gasteiger partial charge in [-0.3, -0.25) is 0 Å². The lowest BCUT2D eigenvalue weighted by Gasteiger charge is -2.24. The van der Waals surface area contributed by atoms with Gasteiger partial charge < -0.3 is 9.80 Å². The van der Waals surface area contributed by atoms with Crippen LogP contribution in [0, 0.1) is 6.92 Å².